The number of furan rings is 1. The van der Waals surface area contributed by atoms with E-state index < -0.39 is 0 Å². The van der Waals surface area contributed by atoms with Crippen molar-refractivity contribution in [3.8, 4) is 51.0 Å². The van der Waals surface area contributed by atoms with Gasteiger partial charge in [-0.1, -0.05) is 140 Å². The molecule has 0 aliphatic carbocycles. The van der Waals surface area contributed by atoms with Gasteiger partial charge in [0.25, 0.3) is 0 Å². The Kier molecular flexibility index (Phi) is 6.42. The predicted molar refractivity (Wildman–Crippen MR) is 203 cm³/mol. The van der Waals surface area contributed by atoms with Crippen LogP contribution in [-0.2, 0) is 0 Å². The van der Waals surface area contributed by atoms with Crippen molar-refractivity contribution in [1.29, 1.82) is 0 Å². The topological polar surface area (TPSA) is 56.7 Å². The minimum absolute atomic E-state index is 0.546. The zero-order valence-electron chi connectivity index (χ0n) is 26.9. The van der Waals surface area contributed by atoms with Crippen LogP contribution in [0.2, 0.25) is 0 Å². The molecule has 0 unspecified atom stereocenters. The molecule has 3 heterocycles. The van der Waals surface area contributed by atoms with Gasteiger partial charge in [0.05, 0.1) is 16.6 Å². The van der Waals surface area contributed by atoms with Crippen molar-refractivity contribution in [3.05, 3.63) is 170 Å². The summed E-state index contributed by atoms with van der Waals surface area (Å²) in [5.41, 5.74) is 9.92. The van der Waals surface area contributed by atoms with Crippen molar-refractivity contribution in [2.45, 2.75) is 0 Å². The third-order valence-corrected chi connectivity index (χ3v) is 9.48. The largest absolute Gasteiger partial charge is 0.455 e. The van der Waals surface area contributed by atoms with E-state index in [4.69, 9.17) is 19.4 Å². The molecule has 0 bridgehead atoms. The fraction of sp³-hybridized carbons (Fsp3) is 0. The number of benzene rings is 7. The van der Waals surface area contributed by atoms with Crippen molar-refractivity contribution in [3.63, 3.8) is 0 Å². The van der Waals surface area contributed by atoms with Crippen LogP contribution in [0.1, 0.15) is 0 Å². The molecule has 0 amide bonds. The fourth-order valence-electron chi connectivity index (χ4n) is 7.08. The fourth-order valence-corrected chi connectivity index (χ4v) is 7.08. The van der Waals surface area contributed by atoms with E-state index in [0.717, 1.165) is 77.1 Å². The number of hydrogen-bond donors (Lipinski definition) is 0. The molecule has 5 heteroatoms. The van der Waals surface area contributed by atoms with Crippen molar-refractivity contribution < 1.29 is 4.42 Å². The summed E-state index contributed by atoms with van der Waals surface area (Å²) in [5.74, 6) is 1.69. The highest BCUT2D eigenvalue weighted by molar-refractivity contribution is 6.11. The van der Waals surface area contributed by atoms with Gasteiger partial charge in [-0.2, -0.15) is 9.97 Å². The Morgan fingerprint density at radius 3 is 1.74 bits per heavy atom. The Hall–Kier alpha value is -6.85. The smallest absolute Gasteiger partial charge is 0.238 e. The molecule has 0 aliphatic heterocycles. The molecule has 0 saturated heterocycles. The van der Waals surface area contributed by atoms with Gasteiger partial charge in [0, 0.05) is 27.1 Å². The highest BCUT2D eigenvalue weighted by Gasteiger charge is 2.21. The maximum atomic E-state index is 6.60. The highest BCUT2D eigenvalue weighted by Crippen LogP contribution is 2.39. The van der Waals surface area contributed by atoms with Gasteiger partial charge < -0.3 is 4.42 Å². The SMILES string of the molecule is c1ccc(-c2ccc3oc4c(-c5nc(-c6ccccc6)nc(-n6c7ccccc7c7ccc(-c8ccccc8)cc76)n5)cccc4c3c2)cc1. The molecule has 10 aromatic rings. The lowest BCUT2D eigenvalue weighted by molar-refractivity contribution is 0.669. The van der Waals surface area contributed by atoms with E-state index in [1.54, 1.807) is 0 Å². The number of rotatable bonds is 5. The van der Waals surface area contributed by atoms with Crippen LogP contribution in [0.4, 0.5) is 0 Å². The molecular formula is C45H28N4O. The summed E-state index contributed by atoms with van der Waals surface area (Å²) >= 11 is 0. The molecule has 0 saturated carbocycles. The maximum absolute atomic E-state index is 6.60. The third kappa shape index (κ3) is 4.60. The standard InChI is InChI=1S/C45H28N4O/c1-4-13-29(14-5-1)32-24-26-41-38(27-32)36-20-12-21-37(42(36)50-41)44-46-43(31-17-8-3-9-18-31)47-45(48-44)49-39-22-11-10-19-34(39)35-25-23-33(28-40(35)49)30-15-6-2-7-16-30/h1-28H. The predicted octanol–water partition coefficient (Wildman–Crippen LogP) is 11.5. The average Bonchev–Trinajstić information content (AvgIpc) is 3.74. The highest BCUT2D eigenvalue weighted by atomic mass is 16.3. The number of hydrogen-bond acceptors (Lipinski definition) is 4. The Balaban J connectivity index is 1.23. The number of para-hydroxylation sites is 2. The van der Waals surface area contributed by atoms with Crippen molar-refractivity contribution in [1.82, 2.24) is 19.5 Å². The van der Waals surface area contributed by atoms with Gasteiger partial charge in [-0.15, -0.1) is 0 Å². The molecule has 0 spiro atoms. The van der Waals surface area contributed by atoms with E-state index in [9.17, 15) is 0 Å². The minimum Gasteiger partial charge on any atom is -0.455 e. The minimum atomic E-state index is 0.546. The zero-order chi connectivity index (χ0) is 33.0. The quantitative estimate of drug-likeness (QED) is 0.188. The van der Waals surface area contributed by atoms with Crippen LogP contribution in [0.5, 0.6) is 0 Å². The molecule has 5 nitrogen and oxygen atoms in total. The van der Waals surface area contributed by atoms with Gasteiger partial charge in [-0.25, -0.2) is 4.98 Å². The zero-order valence-corrected chi connectivity index (χ0v) is 26.9. The molecule has 3 aromatic heterocycles. The molecule has 234 valence electrons. The van der Waals surface area contributed by atoms with Crippen LogP contribution in [0.15, 0.2) is 174 Å². The summed E-state index contributed by atoms with van der Waals surface area (Å²) in [4.78, 5) is 15.5. The second-order valence-electron chi connectivity index (χ2n) is 12.5. The third-order valence-electron chi connectivity index (χ3n) is 9.48. The number of fused-ring (bicyclic) bond motifs is 6. The van der Waals surface area contributed by atoms with E-state index in [0.29, 0.717) is 17.6 Å². The first kappa shape index (κ1) is 28.2. The summed E-state index contributed by atoms with van der Waals surface area (Å²) in [7, 11) is 0. The summed E-state index contributed by atoms with van der Waals surface area (Å²) in [6, 6.07) is 58.6. The van der Waals surface area contributed by atoms with Gasteiger partial charge in [0.2, 0.25) is 5.95 Å². The Bertz CT molecular complexity index is 2860. The lowest BCUT2D eigenvalue weighted by Crippen LogP contribution is -2.06. The summed E-state index contributed by atoms with van der Waals surface area (Å²) in [5, 5.41) is 4.34. The Morgan fingerprint density at radius 2 is 0.980 bits per heavy atom. The van der Waals surface area contributed by atoms with Gasteiger partial charge in [0.15, 0.2) is 11.6 Å². The Labute approximate surface area is 287 Å². The van der Waals surface area contributed by atoms with Gasteiger partial charge >= 0.3 is 0 Å². The van der Waals surface area contributed by atoms with Crippen LogP contribution in [0.3, 0.4) is 0 Å². The normalized spacial score (nSPS) is 11.6. The number of nitrogens with zero attached hydrogens (tertiary/aromatic N) is 4. The van der Waals surface area contributed by atoms with E-state index in [1.807, 2.05) is 48.5 Å². The monoisotopic (exact) mass is 640 g/mol. The molecule has 0 atom stereocenters. The molecular weight excluding hydrogens is 613 g/mol. The first-order valence-electron chi connectivity index (χ1n) is 16.7. The second kappa shape index (κ2) is 11.4. The van der Waals surface area contributed by atoms with Crippen molar-refractivity contribution >= 4 is 43.7 Å². The summed E-state index contributed by atoms with van der Waals surface area (Å²) < 4.78 is 8.77. The molecule has 0 radical (unpaired) electrons. The molecule has 50 heavy (non-hydrogen) atoms. The van der Waals surface area contributed by atoms with Gasteiger partial charge in [-0.05, 0) is 52.6 Å². The average molecular weight is 641 g/mol. The first-order chi connectivity index (χ1) is 24.8. The van der Waals surface area contributed by atoms with E-state index in [2.05, 4.69) is 126 Å². The van der Waals surface area contributed by atoms with Crippen LogP contribution < -0.4 is 0 Å². The maximum Gasteiger partial charge on any atom is 0.238 e. The van der Waals surface area contributed by atoms with Crippen molar-refractivity contribution in [2.75, 3.05) is 0 Å². The van der Waals surface area contributed by atoms with E-state index in [1.165, 1.54) is 0 Å². The van der Waals surface area contributed by atoms with E-state index >= 15 is 0 Å². The van der Waals surface area contributed by atoms with Crippen LogP contribution >= 0.6 is 0 Å². The molecule has 10 rings (SSSR count). The van der Waals surface area contributed by atoms with Gasteiger partial charge in [0.1, 0.15) is 11.2 Å². The lowest BCUT2D eigenvalue weighted by Gasteiger charge is -2.11. The first-order valence-corrected chi connectivity index (χ1v) is 16.7. The molecule has 0 fully saturated rings. The molecule has 0 aliphatic rings. The van der Waals surface area contributed by atoms with Crippen LogP contribution in [0.25, 0.3) is 94.7 Å². The summed E-state index contributed by atoms with van der Waals surface area (Å²) in [6.07, 6.45) is 0. The van der Waals surface area contributed by atoms with Gasteiger partial charge in [-0.3, -0.25) is 4.57 Å². The summed E-state index contributed by atoms with van der Waals surface area (Å²) in [6.45, 7) is 0. The lowest BCUT2D eigenvalue weighted by atomic mass is 10.0. The van der Waals surface area contributed by atoms with Crippen LogP contribution in [-0.4, -0.2) is 19.5 Å². The Morgan fingerprint density at radius 1 is 0.380 bits per heavy atom. The molecule has 0 N–H and O–H groups in total. The number of aromatic nitrogens is 4. The van der Waals surface area contributed by atoms with Crippen LogP contribution in [0, 0.1) is 0 Å². The van der Waals surface area contributed by atoms with E-state index in [-0.39, 0.29) is 0 Å². The molecule has 7 aromatic carbocycles. The second-order valence-corrected chi connectivity index (χ2v) is 12.5. The van der Waals surface area contributed by atoms with Crippen molar-refractivity contribution in [2.24, 2.45) is 0 Å².